The van der Waals surface area contributed by atoms with E-state index in [9.17, 15) is 4.79 Å². The van der Waals surface area contributed by atoms with Crippen molar-refractivity contribution in [2.75, 3.05) is 11.9 Å². The maximum atomic E-state index is 11.8. The maximum absolute atomic E-state index is 11.8. The second-order valence-electron chi connectivity index (χ2n) is 5.24. The van der Waals surface area contributed by atoms with Gasteiger partial charge in [-0.3, -0.25) is 4.79 Å². The molecule has 112 valence electrons. The fourth-order valence-corrected chi connectivity index (χ4v) is 2.45. The van der Waals surface area contributed by atoms with Gasteiger partial charge in [-0.15, -0.1) is 0 Å². The molecule has 3 rings (SSSR count). The zero-order valence-electron chi connectivity index (χ0n) is 12.1. The van der Waals surface area contributed by atoms with Crippen LogP contribution >= 0.6 is 0 Å². The number of fused-ring (bicyclic) bond motifs is 1. The maximum Gasteiger partial charge on any atom is 0.239 e. The number of anilines is 1. The third kappa shape index (κ3) is 3.27. The predicted molar refractivity (Wildman–Crippen MR) is 74.7 cm³/mol. The largest absolute Gasteiger partial charge is 0.360 e. The first-order valence-electron chi connectivity index (χ1n) is 6.97. The van der Waals surface area contributed by atoms with E-state index in [0.717, 1.165) is 31.0 Å². The molecule has 0 spiro atoms. The SMILES string of the molecule is Cc1nc2n(n1)C[C@@H](NCC(=O)Nc1cc(C)on1)CC2. The summed E-state index contributed by atoms with van der Waals surface area (Å²) in [5, 5.41) is 14.0. The minimum absolute atomic E-state index is 0.135. The van der Waals surface area contributed by atoms with E-state index >= 15 is 0 Å². The van der Waals surface area contributed by atoms with E-state index in [0.29, 0.717) is 11.6 Å². The van der Waals surface area contributed by atoms with Crippen molar-refractivity contribution in [1.82, 2.24) is 25.2 Å². The molecular weight excluding hydrogens is 272 g/mol. The molecule has 1 aliphatic rings. The van der Waals surface area contributed by atoms with Crippen LogP contribution in [0.5, 0.6) is 0 Å². The van der Waals surface area contributed by atoms with Gasteiger partial charge in [0.05, 0.1) is 13.1 Å². The van der Waals surface area contributed by atoms with Crippen LogP contribution in [0.2, 0.25) is 0 Å². The Morgan fingerprint density at radius 2 is 2.38 bits per heavy atom. The van der Waals surface area contributed by atoms with Crippen LogP contribution in [0.4, 0.5) is 5.82 Å². The van der Waals surface area contributed by atoms with E-state index in [4.69, 9.17) is 4.52 Å². The molecule has 1 amide bonds. The van der Waals surface area contributed by atoms with Gasteiger partial charge in [-0.05, 0) is 20.3 Å². The number of aromatic nitrogens is 4. The van der Waals surface area contributed by atoms with Gasteiger partial charge < -0.3 is 15.2 Å². The zero-order valence-corrected chi connectivity index (χ0v) is 12.1. The van der Waals surface area contributed by atoms with Crippen LogP contribution in [0.3, 0.4) is 0 Å². The molecule has 8 heteroatoms. The Balaban J connectivity index is 1.48. The number of nitrogens with zero attached hydrogens (tertiary/aromatic N) is 4. The molecule has 1 aliphatic heterocycles. The standard InChI is InChI=1S/C13H18N6O2/c1-8-5-11(18-21-8)16-13(20)6-14-10-3-4-12-15-9(2)17-19(12)7-10/h5,10,14H,3-4,6-7H2,1-2H3,(H,16,18,20)/t10-/m0/s1. The average Bonchev–Trinajstić information content (AvgIpc) is 3.00. The van der Waals surface area contributed by atoms with Crippen LogP contribution in [0.15, 0.2) is 10.6 Å². The Kier molecular flexibility index (Phi) is 3.70. The molecule has 0 unspecified atom stereocenters. The van der Waals surface area contributed by atoms with Gasteiger partial charge in [-0.2, -0.15) is 5.10 Å². The van der Waals surface area contributed by atoms with Crippen LogP contribution < -0.4 is 10.6 Å². The average molecular weight is 290 g/mol. The lowest BCUT2D eigenvalue weighted by Gasteiger charge is -2.23. The minimum Gasteiger partial charge on any atom is -0.360 e. The first-order chi connectivity index (χ1) is 10.1. The molecule has 0 aromatic carbocycles. The van der Waals surface area contributed by atoms with Gasteiger partial charge in [0.15, 0.2) is 5.82 Å². The highest BCUT2D eigenvalue weighted by Crippen LogP contribution is 2.12. The smallest absolute Gasteiger partial charge is 0.239 e. The van der Waals surface area contributed by atoms with Crippen LogP contribution in [0.1, 0.15) is 23.8 Å². The van der Waals surface area contributed by atoms with E-state index in [2.05, 4.69) is 25.9 Å². The Hall–Kier alpha value is -2.22. The van der Waals surface area contributed by atoms with E-state index < -0.39 is 0 Å². The number of amides is 1. The summed E-state index contributed by atoms with van der Waals surface area (Å²) in [6.07, 6.45) is 1.83. The number of carbonyl (C=O) groups excluding carboxylic acids is 1. The monoisotopic (exact) mass is 290 g/mol. The van der Waals surface area contributed by atoms with Crippen molar-refractivity contribution in [3.8, 4) is 0 Å². The molecule has 0 saturated heterocycles. The zero-order chi connectivity index (χ0) is 14.8. The molecule has 2 aromatic heterocycles. The number of hydrogen-bond donors (Lipinski definition) is 2. The molecule has 0 saturated carbocycles. The lowest BCUT2D eigenvalue weighted by atomic mass is 10.1. The Bertz CT molecular complexity index is 647. The minimum atomic E-state index is -0.135. The molecular formula is C13H18N6O2. The van der Waals surface area contributed by atoms with E-state index in [-0.39, 0.29) is 18.5 Å². The molecule has 3 heterocycles. The van der Waals surface area contributed by atoms with Gasteiger partial charge >= 0.3 is 0 Å². The number of carbonyl (C=O) groups is 1. The first-order valence-corrected chi connectivity index (χ1v) is 6.97. The molecule has 2 aromatic rings. The van der Waals surface area contributed by atoms with Gasteiger partial charge in [0.25, 0.3) is 0 Å². The fourth-order valence-electron chi connectivity index (χ4n) is 2.45. The summed E-state index contributed by atoms with van der Waals surface area (Å²) in [5.41, 5.74) is 0. The lowest BCUT2D eigenvalue weighted by molar-refractivity contribution is -0.115. The van der Waals surface area contributed by atoms with E-state index in [1.807, 2.05) is 11.6 Å². The summed E-state index contributed by atoms with van der Waals surface area (Å²) in [4.78, 5) is 16.2. The molecule has 0 fully saturated rings. The van der Waals surface area contributed by atoms with Crippen molar-refractivity contribution in [1.29, 1.82) is 0 Å². The molecule has 2 N–H and O–H groups in total. The Morgan fingerprint density at radius 1 is 1.52 bits per heavy atom. The summed E-state index contributed by atoms with van der Waals surface area (Å²) in [6, 6.07) is 1.91. The van der Waals surface area contributed by atoms with Gasteiger partial charge in [-0.25, -0.2) is 9.67 Å². The van der Waals surface area contributed by atoms with Crippen LogP contribution in [0, 0.1) is 13.8 Å². The number of nitrogens with one attached hydrogen (secondary N) is 2. The second-order valence-corrected chi connectivity index (χ2v) is 5.24. The third-order valence-electron chi connectivity index (χ3n) is 3.41. The highest BCUT2D eigenvalue weighted by Gasteiger charge is 2.21. The molecule has 1 atom stereocenters. The highest BCUT2D eigenvalue weighted by molar-refractivity contribution is 5.91. The summed E-state index contributed by atoms with van der Waals surface area (Å²) >= 11 is 0. The van der Waals surface area contributed by atoms with Crippen molar-refractivity contribution in [2.45, 2.75) is 39.3 Å². The van der Waals surface area contributed by atoms with E-state index in [1.165, 1.54) is 0 Å². The number of aryl methyl sites for hydroxylation is 3. The quantitative estimate of drug-likeness (QED) is 0.847. The number of hydrogen-bond acceptors (Lipinski definition) is 6. The Labute approximate surface area is 121 Å². The van der Waals surface area contributed by atoms with Crippen LogP contribution in [0.25, 0.3) is 0 Å². The molecule has 21 heavy (non-hydrogen) atoms. The van der Waals surface area contributed by atoms with Crippen molar-refractivity contribution in [3.05, 3.63) is 23.5 Å². The molecule has 0 radical (unpaired) electrons. The summed E-state index contributed by atoms with van der Waals surface area (Å²) in [7, 11) is 0. The van der Waals surface area contributed by atoms with Crippen molar-refractivity contribution < 1.29 is 9.32 Å². The topological polar surface area (TPSA) is 97.9 Å². The summed E-state index contributed by atoms with van der Waals surface area (Å²) in [6.45, 7) is 4.65. The fraction of sp³-hybridized carbons (Fsp3) is 0.538. The summed E-state index contributed by atoms with van der Waals surface area (Å²) < 4.78 is 6.81. The predicted octanol–water partition coefficient (Wildman–Crippen LogP) is 0.426. The molecule has 8 nitrogen and oxygen atoms in total. The highest BCUT2D eigenvalue weighted by atomic mass is 16.5. The lowest BCUT2D eigenvalue weighted by Crippen LogP contribution is -2.41. The van der Waals surface area contributed by atoms with Crippen LogP contribution in [-0.2, 0) is 17.8 Å². The third-order valence-corrected chi connectivity index (χ3v) is 3.41. The van der Waals surface area contributed by atoms with Crippen molar-refractivity contribution >= 4 is 11.7 Å². The second kappa shape index (κ2) is 5.65. The van der Waals surface area contributed by atoms with Gasteiger partial charge in [0, 0.05) is 18.5 Å². The van der Waals surface area contributed by atoms with Crippen LogP contribution in [-0.4, -0.2) is 38.4 Å². The van der Waals surface area contributed by atoms with Gasteiger partial charge in [0.2, 0.25) is 5.91 Å². The summed E-state index contributed by atoms with van der Waals surface area (Å²) in [5.74, 6) is 2.79. The van der Waals surface area contributed by atoms with Crippen molar-refractivity contribution in [3.63, 3.8) is 0 Å². The Morgan fingerprint density at radius 3 is 3.14 bits per heavy atom. The molecule has 0 aliphatic carbocycles. The number of rotatable bonds is 4. The molecule has 0 bridgehead atoms. The van der Waals surface area contributed by atoms with Gasteiger partial charge in [-0.1, -0.05) is 5.16 Å². The first kappa shape index (κ1) is 13.7. The van der Waals surface area contributed by atoms with Crippen molar-refractivity contribution in [2.24, 2.45) is 0 Å². The van der Waals surface area contributed by atoms with Gasteiger partial charge in [0.1, 0.15) is 17.4 Å². The van der Waals surface area contributed by atoms with E-state index in [1.54, 1.807) is 13.0 Å². The normalized spacial score (nSPS) is 17.5.